The molecule has 0 aromatic heterocycles. The average molecular weight is 269 g/mol. The van der Waals surface area contributed by atoms with Gasteiger partial charge in [-0.15, -0.1) is 0 Å². The highest BCUT2D eigenvalue weighted by Crippen LogP contribution is 2.27. The molecular weight excluding hydrogens is 242 g/mol. The quantitative estimate of drug-likeness (QED) is 0.804. The molecule has 1 heterocycles. The topological polar surface area (TPSA) is 55.8 Å². The van der Waals surface area contributed by atoms with Gasteiger partial charge >= 0.3 is 6.03 Å². The summed E-state index contributed by atoms with van der Waals surface area (Å²) in [6, 6.07) is 0.635. The van der Waals surface area contributed by atoms with Crippen molar-refractivity contribution in [1.82, 2.24) is 15.1 Å². The van der Waals surface area contributed by atoms with Crippen LogP contribution in [0, 0.1) is 0 Å². The second-order valence-electron chi connectivity index (χ2n) is 6.23. The highest BCUT2D eigenvalue weighted by atomic mass is 16.3. The zero-order valence-corrected chi connectivity index (χ0v) is 12.2. The van der Waals surface area contributed by atoms with Crippen molar-refractivity contribution in [2.24, 2.45) is 0 Å². The molecule has 0 atom stereocenters. The number of likely N-dealkylation sites (tertiary alicyclic amines) is 1. The van der Waals surface area contributed by atoms with Crippen LogP contribution in [0.2, 0.25) is 0 Å². The summed E-state index contributed by atoms with van der Waals surface area (Å²) in [6.07, 6.45) is 6.73. The molecule has 0 unspecified atom stereocenters. The van der Waals surface area contributed by atoms with Crippen molar-refractivity contribution in [3.63, 3.8) is 0 Å². The molecule has 19 heavy (non-hydrogen) atoms. The molecule has 2 aliphatic rings. The largest absolute Gasteiger partial charge is 0.394 e. The fourth-order valence-electron chi connectivity index (χ4n) is 3.26. The lowest BCUT2D eigenvalue weighted by Gasteiger charge is -2.43. The van der Waals surface area contributed by atoms with Crippen LogP contribution in [0.1, 0.15) is 38.5 Å². The summed E-state index contributed by atoms with van der Waals surface area (Å²) in [4.78, 5) is 15.4. The van der Waals surface area contributed by atoms with Crippen molar-refractivity contribution in [1.29, 1.82) is 0 Å². The minimum Gasteiger partial charge on any atom is -0.394 e. The van der Waals surface area contributed by atoms with E-state index in [1.165, 1.54) is 25.7 Å². The van der Waals surface area contributed by atoms with Gasteiger partial charge in [0.05, 0.1) is 6.61 Å². The number of carbonyl (C=O) groups is 1. The number of hydrogen-bond donors (Lipinski definition) is 2. The van der Waals surface area contributed by atoms with E-state index in [2.05, 4.69) is 5.32 Å². The van der Waals surface area contributed by atoms with Crippen LogP contribution in [0.4, 0.5) is 4.79 Å². The van der Waals surface area contributed by atoms with Crippen molar-refractivity contribution in [3.05, 3.63) is 0 Å². The third-order valence-electron chi connectivity index (χ3n) is 4.54. The Morgan fingerprint density at radius 1 is 1.32 bits per heavy atom. The van der Waals surface area contributed by atoms with Gasteiger partial charge in [-0.05, 0) is 25.7 Å². The number of nitrogens with zero attached hydrogens (tertiary/aromatic N) is 2. The molecule has 0 aromatic rings. The Morgan fingerprint density at radius 3 is 2.37 bits per heavy atom. The molecule has 0 radical (unpaired) electrons. The predicted molar refractivity (Wildman–Crippen MR) is 75.1 cm³/mol. The summed E-state index contributed by atoms with van der Waals surface area (Å²) in [7, 11) is 3.57. The van der Waals surface area contributed by atoms with Crippen LogP contribution in [-0.4, -0.2) is 66.3 Å². The molecule has 1 aliphatic carbocycles. The molecule has 1 saturated heterocycles. The highest BCUT2D eigenvalue weighted by Gasteiger charge is 2.37. The molecule has 2 fully saturated rings. The van der Waals surface area contributed by atoms with Crippen molar-refractivity contribution in [2.45, 2.75) is 50.1 Å². The van der Waals surface area contributed by atoms with Crippen LogP contribution in [0.5, 0.6) is 0 Å². The van der Waals surface area contributed by atoms with Crippen molar-refractivity contribution in [3.8, 4) is 0 Å². The Hall–Kier alpha value is -0.810. The maximum Gasteiger partial charge on any atom is 0.319 e. The maximum absolute atomic E-state index is 11.9. The summed E-state index contributed by atoms with van der Waals surface area (Å²) in [5.41, 5.74) is -0.169. The van der Waals surface area contributed by atoms with E-state index in [9.17, 15) is 9.90 Å². The van der Waals surface area contributed by atoms with E-state index in [0.29, 0.717) is 6.04 Å². The van der Waals surface area contributed by atoms with Gasteiger partial charge < -0.3 is 20.2 Å². The molecule has 5 nitrogen and oxygen atoms in total. The lowest BCUT2D eigenvalue weighted by molar-refractivity contribution is 0.0743. The monoisotopic (exact) mass is 269 g/mol. The molecule has 110 valence electrons. The van der Waals surface area contributed by atoms with E-state index in [1.54, 1.807) is 19.0 Å². The van der Waals surface area contributed by atoms with Crippen molar-refractivity contribution >= 4 is 6.03 Å². The van der Waals surface area contributed by atoms with E-state index in [0.717, 1.165) is 25.9 Å². The molecule has 0 spiro atoms. The number of amides is 2. The van der Waals surface area contributed by atoms with Crippen molar-refractivity contribution in [2.75, 3.05) is 33.8 Å². The highest BCUT2D eigenvalue weighted by molar-refractivity contribution is 5.73. The number of rotatable bonds is 3. The second kappa shape index (κ2) is 6.09. The van der Waals surface area contributed by atoms with Crippen LogP contribution in [0.25, 0.3) is 0 Å². The van der Waals surface area contributed by atoms with Crippen molar-refractivity contribution < 1.29 is 9.90 Å². The van der Waals surface area contributed by atoms with Gasteiger partial charge in [0.1, 0.15) is 0 Å². The summed E-state index contributed by atoms with van der Waals surface area (Å²) < 4.78 is 0. The number of nitrogens with one attached hydrogen (secondary N) is 1. The number of aliphatic hydroxyl groups excluding tert-OH is 1. The third-order valence-corrected chi connectivity index (χ3v) is 4.54. The number of hydrogen-bond acceptors (Lipinski definition) is 3. The zero-order valence-electron chi connectivity index (χ0n) is 12.2. The second-order valence-corrected chi connectivity index (χ2v) is 6.23. The lowest BCUT2D eigenvalue weighted by Crippen LogP contribution is -2.59. The average Bonchev–Trinajstić information content (AvgIpc) is 2.91. The molecule has 1 aliphatic heterocycles. The van der Waals surface area contributed by atoms with E-state index < -0.39 is 0 Å². The predicted octanol–water partition coefficient (Wildman–Crippen LogP) is 1.03. The van der Waals surface area contributed by atoms with Gasteiger partial charge in [-0.1, -0.05) is 12.8 Å². The number of piperidine rings is 1. The minimum atomic E-state index is -0.169. The lowest BCUT2D eigenvalue weighted by atomic mass is 9.87. The Kier molecular flexibility index (Phi) is 4.68. The SMILES string of the molecule is CN(C)C(=O)N1CCC(CO)(NC2CCCC2)CC1. The van der Waals surface area contributed by atoms with Crippen LogP contribution in [-0.2, 0) is 0 Å². The zero-order chi connectivity index (χ0) is 13.9. The molecule has 0 aromatic carbocycles. The van der Waals surface area contributed by atoms with Gasteiger partial charge in [-0.25, -0.2) is 4.79 Å². The van der Waals surface area contributed by atoms with Crippen LogP contribution >= 0.6 is 0 Å². The minimum absolute atomic E-state index is 0.0763. The smallest absolute Gasteiger partial charge is 0.319 e. The summed E-state index contributed by atoms with van der Waals surface area (Å²) in [5.74, 6) is 0. The van der Waals surface area contributed by atoms with Crippen LogP contribution < -0.4 is 5.32 Å². The number of aliphatic hydroxyl groups is 1. The molecule has 1 saturated carbocycles. The van der Waals surface area contributed by atoms with E-state index >= 15 is 0 Å². The molecule has 2 rings (SSSR count). The van der Waals surface area contributed by atoms with Gasteiger partial charge in [-0.2, -0.15) is 0 Å². The molecule has 0 bridgehead atoms. The summed E-state index contributed by atoms with van der Waals surface area (Å²) in [5, 5.41) is 13.4. The van der Waals surface area contributed by atoms with Gasteiger partial charge in [0.15, 0.2) is 0 Å². The number of carbonyl (C=O) groups excluding carboxylic acids is 1. The first-order valence-electron chi connectivity index (χ1n) is 7.41. The summed E-state index contributed by atoms with van der Waals surface area (Å²) >= 11 is 0. The van der Waals surface area contributed by atoms with Crippen LogP contribution in [0.15, 0.2) is 0 Å². The molecular formula is C14H27N3O2. The van der Waals surface area contributed by atoms with E-state index in [4.69, 9.17) is 0 Å². The van der Waals surface area contributed by atoms with E-state index in [1.807, 2.05) is 4.90 Å². The maximum atomic E-state index is 11.9. The third kappa shape index (κ3) is 3.39. The fourth-order valence-corrected chi connectivity index (χ4v) is 3.26. The first kappa shape index (κ1) is 14.6. The fraction of sp³-hybridized carbons (Fsp3) is 0.929. The Labute approximate surface area is 115 Å². The Balaban J connectivity index is 1.89. The van der Waals surface area contributed by atoms with E-state index in [-0.39, 0.29) is 18.2 Å². The first-order valence-corrected chi connectivity index (χ1v) is 7.41. The van der Waals surface area contributed by atoms with Gasteiger partial charge in [0, 0.05) is 38.8 Å². The molecule has 2 N–H and O–H groups in total. The summed E-state index contributed by atoms with van der Waals surface area (Å²) in [6.45, 7) is 1.64. The van der Waals surface area contributed by atoms with Gasteiger partial charge in [0.25, 0.3) is 0 Å². The Bertz CT molecular complexity index is 306. The van der Waals surface area contributed by atoms with Gasteiger partial charge in [0.2, 0.25) is 0 Å². The molecule has 2 amide bonds. The normalized spacial score (nSPS) is 23.6. The van der Waals surface area contributed by atoms with Crippen LogP contribution in [0.3, 0.4) is 0 Å². The van der Waals surface area contributed by atoms with Gasteiger partial charge in [-0.3, -0.25) is 0 Å². The first-order chi connectivity index (χ1) is 9.06. The molecule has 5 heteroatoms. The standard InChI is InChI=1S/C14H27N3O2/c1-16(2)13(19)17-9-7-14(11-18,8-10-17)15-12-5-3-4-6-12/h12,15,18H,3-11H2,1-2H3. The number of urea groups is 1. The Morgan fingerprint density at radius 2 is 1.89 bits per heavy atom.